The largest absolute Gasteiger partial charge is 0.505 e. The number of nitrogens with one attached hydrogen (secondary N) is 1. The zero-order valence-corrected chi connectivity index (χ0v) is 19.5. The summed E-state index contributed by atoms with van der Waals surface area (Å²) in [5.41, 5.74) is 3.52. The third-order valence-electron chi connectivity index (χ3n) is 5.91. The summed E-state index contributed by atoms with van der Waals surface area (Å²) in [6.45, 7) is 10.4. The van der Waals surface area contributed by atoms with Gasteiger partial charge in [0.15, 0.2) is 0 Å². The SMILES string of the molecule is Cc1cc(CCC(=O)OC2CC(C)(C)NC(C)(C)C2)cc(-n2nc3ccccc3n2)c1O. The van der Waals surface area contributed by atoms with Crippen LogP contribution in [-0.4, -0.2) is 43.3 Å². The summed E-state index contributed by atoms with van der Waals surface area (Å²) >= 11 is 0. The van der Waals surface area contributed by atoms with Gasteiger partial charge in [-0.3, -0.25) is 4.79 Å². The van der Waals surface area contributed by atoms with E-state index in [9.17, 15) is 9.90 Å². The van der Waals surface area contributed by atoms with E-state index in [1.807, 2.05) is 43.3 Å². The second-order valence-corrected chi connectivity index (χ2v) is 10.2. The first-order valence-corrected chi connectivity index (χ1v) is 11.2. The monoisotopic (exact) mass is 436 g/mol. The van der Waals surface area contributed by atoms with Crippen molar-refractivity contribution < 1.29 is 14.6 Å². The Hall–Kier alpha value is -2.93. The van der Waals surface area contributed by atoms with Crippen molar-refractivity contribution in [3.8, 4) is 11.4 Å². The van der Waals surface area contributed by atoms with E-state index in [-0.39, 0.29) is 35.3 Å². The van der Waals surface area contributed by atoms with Gasteiger partial charge in [-0.2, -0.15) is 0 Å². The highest BCUT2D eigenvalue weighted by Crippen LogP contribution is 2.31. The summed E-state index contributed by atoms with van der Waals surface area (Å²) in [6, 6.07) is 11.3. The molecule has 0 aliphatic carbocycles. The zero-order chi connectivity index (χ0) is 23.1. The van der Waals surface area contributed by atoms with Gasteiger partial charge in [-0.15, -0.1) is 15.0 Å². The van der Waals surface area contributed by atoms with E-state index in [1.54, 1.807) is 0 Å². The fourth-order valence-electron chi connectivity index (χ4n) is 4.90. The molecule has 3 aromatic rings. The molecule has 2 aromatic carbocycles. The Morgan fingerprint density at radius 3 is 2.31 bits per heavy atom. The quantitative estimate of drug-likeness (QED) is 0.582. The van der Waals surface area contributed by atoms with E-state index < -0.39 is 0 Å². The molecule has 0 saturated carbocycles. The van der Waals surface area contributed by atoms with Gasteiger partial charge in [0.05, 0.1) is 0 Å². The van der Waals surface area contributed by atoms with Crippen LogP contribution in [0.4, 0.5) is 0 Å². The van der Waals surface area contributed by atoms with Crippen molar-refractivity contribution in [3.63, 3.8) is 0 Å². The van der Waals surface area contributed by atoms with Crippen molar-refractivity contribution in [1.82, 2.24) is 20.3 Å². The average Bonchev–Trinajstić information content (AvgIpc) is 3.10. The second kappa shape index (κ2) is 8.20. The molecule has 4 rings (SSSR count). The Labute approximate surface area is 188 Å². The number of aromatic hydroxyl groups is 1. The Balaban J connectivity index is 1.46. The first-order valence-electron chi connectivity index (χ1n) is 11.2. The molecule has 32 heavy (non-hydrogen) atoms. The lowest BCUT2D eigenvalue weighted by molar-refractivity contribution is -0.153. The first-order chi connectivity index (χ1) is 15.0. The molecule has 1 aliphatic heterocycles. The molecule has 7 nitrogen and oxygen atoms in total. The lowest BCUT2D eigenvalue weighted by atomic mass is 9.81. The molecule has 2 N–H and O–H groups in total. The molecule has 0 bridgehead atoms. The molecular formula is C25H32N4O3. The third-order valence-corrected chi connectivity index (χ3v) is 5.91. The van der Waals surface area contributed by atoms with Crippen LogP contribution < -0.4 is 5.32 Å². The topological polar surface area (TPSA) is 89.3 Å². The van der Waals surface area contributed by atoms with E-state index in [0.29, 0.717) is 17.7 Å². The normalized spacial score (nSPS) is 18.0. The maximum absolute atomic E-state index is 12.6. The Morgan fingerprint density at radius 2 is 1.72 bits per heavy atom. The molecule has 0 amide bonds. The van der Waals surface area contributed by atoms with Crippen molar-refractivity contribution in [2.45, 2.75) is 77.5 Å². The highest BCUT2D eigenvalue weighted by molar-refractivity contribution is 5.74. The predicted molar refractivity (Wildman–Crippen MR) is 124 cm³/mol. The van der Waals surface area contributed by atoms with E-state index in [4.69, 9.17) is 4.74 Å². The average molecular weight is 437 g/mol. The van der Waals surface area contributed by atoms with Gasteiger partial charge in [-0.25, -0.2) is 0 Å². The lowest BCUT2D eigenvalue weighted by Crippen LogP contribution is -2.59. The summed E-state index contributed by atoms with van der Waals surface area (Å²) < 4.78 is 5.83. The van der Waals surface area contributed by atoms with E-state index in [2.05, 4.69) is 43.2 Å². The molecule has 7 heteroatoms. The van der Waals surface area contributed by atoms with Crippen molar-refractivity contribution in [3.05, 3.63) is 47.5 Å². The van der Waals surface area contributed by atoms with Gasteiger partial charge >= 0.3 is 5.97 Å². The number of rotatable bonds is 5. The van der Waals surface area contributed by atoms with Crippen LogP contribution in [0, 0.1) is 6.92 Å². The summed E-state index contributed by atoms with van der Waals surface area (Å²) in [5, 5.41) is 23.1. The second-order valence-electron chi connectivity index (χ2n) is 10.2. The van der Waals surface area contributed by atoms with Crippen LogP contribution in [-0.2, 0) is 16.0 Å². The zero-order valence-electron chi connectivity index (χ0n) is 19.5. The number of esters is 1. The summed E-state index contributed by atoms with van der Waals surface area (Å²) in [7, 11) is 0. The smallest absolute Gasteiger partial charge is 0.306 e. The number of piperidine rings is 1. The number of phenolic OH excluding ortho intramolecular Hbond substituents is 1. The molecule has 1 aromatic heterocycles. The number of nitrogens with zero attached hydrogens (tertiary/aromatic N) is 3. The number of carbonyl (C=O) groups excluding carboxylic acids is 1. The van der Waals surface area contributed by atoms with Gasteiger partial charge < -0.3 is 15.2 Å². The van der Waals surface area contributed by atoms with Crippen LogP contribution in [0.5, 0.6) is 5.75 Å². The number of aryl methyl sites for hydroxylation is 2. The van der Waals surface area contributed by atoms with Crippen LogP contribution in [0.2, 0.25) is 0 Å². The Kier molecular flexibility index (Phi) is 5.71. The van der Waals surface area contributed by atoms with Crippen molar-refractivity contribution in [2.75, 3.05) is 0 Å². The number of fused-ring (bicyclic) bond motifs is 1. The van der Waals surface area contributed by atoms with Crippen LogP contribution in [0.15, 0.2) is 36.4 Å². The molecule has 0 spiro atoms. The van der Waals surface area contributed by atoms with Crippen LogP contribution >= 0.6 is 0 Å². The van der Waals surface area contributed by atoms with Gasteiger partial charge in [0.25, 0.3) is 0 Å². The number of phenols is 1. The first kappa shape index (κ1) is 22.3. The summed E-state index contributed by atoms with van der Waals surface area (Å²) in [5.74, 6) is -0.0606. The maximum atomic E-state index is 12.6. The van der Waals surface area contributed by atoms with Crippen LogP contribution in [0.3, 0.4) is 0 Å². The molecular weight excluding hydrogens is 404 g/mol. The minimum absolute atomic E-state index is 0.0734. The Bertz CT molecular complexity index is 1100. The van der Waals surface area contributed by atoms with E-state index >= 15 is 0 Å². The predicted octanol–water partition coefficient (Wildman–Crippen LogP) is 4.22. The molecule has 2 heterocycles. The fourth-order valence-corrected chi connectivity index (χ4v) is 4.90. The van der Waals surface area contributed by atoms with Crippen molar-refractivity contribution in [1.29, 1.82) is 0 Å². The van der Waals surface area contributed by atoms with E-state index in [0.717, 1.165) is 29.4 Å². The molecule has 0 radical (unpaired) electrons. The minimum atomic E-state index is -0.196. The van der Waals surface area contributed by atoms with Crippen LogP contribution in [0.1, 0.15) is 58.1 Å². The molecule has 0 unspecified atom stereocenters. The highest BCUT2D eigenvalue weighted by Gasteiger charge is 2.39. The van der Waals surface area contributed by atoms with Gasteiger partial charge in [0, 0.05) is 30.3 Å². The molecule has 1 aliphatic rings. The standard InChI is InChI=1S/C25H32N4O3/c1-16-12-17(10-11-22(30)32-18-14-24(2,3)28-25(4,5)15-18)13-21(23(16)31)29-26-19-8-6-7-9-20(19)27-29/h6-9,12-13,18,28,31H,10-11,14-15H2,1-5H3. The summed E-state index contributed by atoms with van der Waals surface area (Å²) in [6.07, 6.45) is 2.30. The molecule has 1 saturated heterocycles. The third kappa shape index (κ3) is 4.93. The van der Waals surface area contributed by atoms with Crippen molar-refractivity contribution >= 4 is 17.0 Å². The highest BCUT2D eigenvalue weighted by atomic mass is 16.5. The maximum Gasteiger partial charge on any atom is 0.306 e. The minimum Gasteiger partial charge on any atom is -0.505 e. The van der Waals surface area contributed by atoms with Gasteiger partial charge in [0.2, 0.25) is 0 Å². The summed E-state index contributed by atoms with van der Waals surface area (Å²) in [4.78, 5) is 14.1. The number of benzene rings is 2. The number of aromatic nitrogens is 3. The Morgan fingerprint density at radius 1 is 1.12 bits per heavy atom. The van der Waals surface area contributed by atoms with Gasteiger partial charge in [0.1, 0.15) is 28.6 Å². The lowest BCUT2D eigenvalue weighted by Gasteiger charge is -2.45. The number of hydrogen-bond acceptors (Lipinski definition) is 6. The molecule has 170 valence electrons. The molecule has 1 fully saturated rings. The van der Waals surface area contributed by atoms with Gasteiger partial charge in [-0.1, -0.05) is 18.2 Å². The van der Waals surface area contributed by atoms with E-state index in [1.165, 1.54) is 4.80 Å². The van der Waals surface area contributed by atoms with Crippen LogP contribution in [0.25, 0.3) is 16.7 Å². The number of hydrogen-bond donors (Lipinski definition) is 2. The fraction of sp³-hybridized carbons (Fsp3) is 0.480. The number of carbonyl (C=O) groups is 1. The molecule has 0 atom stereocenters. The van der Waals surface area contributed by atoms with Gasteiger partial charge in [-0.05, 0) is 70.4 Å². The number of ether oxygens (including phenoxy) is 1. The van der Waals surface area contributed by atoms with Crippen molar-refractivity contribution in [2.24, 2.45) is 0 Å².